The molecule has 1 amide bonds. The lowest BCUT2D eigenvalue weighted by atomic mass is 10.1. The third-order valence-corrected chi connectivity index (χ3v) is 8.47. The fourth-order valence-electron chi connectivity index (χ4n) is 3.78. The Bertz CT molecular complexity index is 1660. The average Bonchev–Trinajstić information content (AvgIpc) is 3.37. The summed E-state index contributed by atoms with van der Waals surface area (Å²) in [6.45, 7) is 4.07. The van der Waals surface area contributed by atoms with E-state index in [0.29, 0.717) is 9.90 Å². The molecule has 3 aromatic heterocycles. The van der Waals surface area contributed by atoms with E-state index in [9.17, 15) is 23.1 Å². The number of aromatic nitrogens is 3. The first kappa shape index (κ1) is 31.0. The van der Waals surface area contributed by atoms with Gasteiger partial charge in [0.05, 0.1) is 18.4 Å². The zero-order valence-electron chi connectivity index (χ0n) is 23.0. The summed E-state index contributed by atoms with van der Waals surface area (Å²) in [4.78, 5) is 38.0. The van der Waals surface area contributed by atoms with Crippen molar-refractivity contribution in [2.75, 3.05) is 11.4 Å². The molecule has 3 heterocycles. The van der Waals surface area contributed by atoms with Crippen LogP contribution in [-0.4, -0.2) is 57.0 Å². The van der Waals surface area contributed by atoms with E-state index in [0.717, 1.165) is 15.5 Å². The van der Waals surface area contributed by atoms with Gasteiger partial charge in [0.1, 0.15) is 27.3 Å². The normalized spacial score (nSPS) is 11.8. The molecule has 0 fully saturated rings. The van der Waals surface area contributed by atoms with Crippen molar-refractivity contribution in [2.24, 2.45) is 0 Å². The van der Waals surface area contributed by atoms with Gasteiger partial charge in [-0.05, 0) is 50.6 Å². The quantitative estimate of drug-likeness (QED) is 0.241. The molecule has 0 atom stereocenters. The van der Waals surface area contributed by atoms with Crippen molar-refractivity contribution in [2.45, 2.75) is 44.5 Å². The third-order valence-electron chi connectivity index (χ3n) is 5.59. The maximum atomic E-state index is 13.7. The minimum atomic E-state index is -4.09. The fraction of sp³-hybridized carbons (Fsp3) is 0.250. The van der Waals surface area contributed by atoms with Crippen LogP contribution in [0.1, 0.15) is 32.0 Å². The summed E-state index contributed by atoms with van der Waals surface area (Å²) in [5.41, 5.74) is 0.934. The number of carbonyl (C=O) groups is 2. The minimum absolute atomic E-state index is 0.00537. The molecular weight excluding hydrogens is 602 g/mol. The highest BCUT2D eigenvalue weighted by Gasteiger charge is 2.29. The molecule has 1 aromatic carbocycles. The van der Waals surface area contributed by atoms with Gasteiger partial charge in [0.15, 0.2) is 5.03 Å². The van der Waals surface area contributed by atoms with Crippen molar-refractivity contribution in [3.05, 3.63) is 88.7 Å². The molecule has 0 radical (unpaired) electrons. The summed E-state index contributed by atoms with van der Waals surface area (Å²) < 4.78 is 34.6. The number of carboxylic acid groups (broad SMARTS) is 1. The number of aliphatic carboxylic acids is 1. The van der Waals surface area contributed by atoms with E-state index in [-0.39, 0.29) is 29.6 Å². The molecule has 11 nitrogen and oxygen atoms in total. The van der Waals surface area contributed by atoms with Crippen LogP contribution >= 0.6 is 22.9 Å². The van der Waals surface area contributed by atoms with E-state index in [1.165, 1.54) is 34.0 Å². The molecule has 0 saturated carbocycles. The van der Waals surface area contributed by atoms with Gasteiger partial charge in [0.25, 0.3) is 10.0 Å². The Morgan fingerprint density at radius 2 is 1.74 bits per heavy atom. The summed E-state index contributed by atoms with van der Waals surface area (Å²) >= 11 is 7.34. The van der Waals surface area contributed by atoms with Gasteiger partial charge < -0.3 is 9.84 Å². The standard InChI is InChI=1S/C28H28ClN5O6S2/c1-28(2,3)40-27(37)34(18-25(35)36)23-8-6-7-21(32-23)17-33(42(38,39)24-9-4-5-14-30-24)16-19-10-12-20(13-11-19)26-31-15-22(29)41-26/h4-15H,16-18H2,1-3H3,(H,35,36). The van der Waals surface area contributed by atoms with Crippen LogP contribution in [0.4, 0.5) is 10.6 Å². The molecule has 4 aromatic rings. The summed E-state index contributed by atoms with van der Waals surface area (Å²) in [6.07, 6.45) is 2.06. The van der Waals surface area contributed by atoms with Crippen molar-refractivity contribution in [3.63, 3.8) is 0 Å². The lowest BCUT2D eigenvalue weighted by Crippen LogP contribution is -2.40. The number of halogens is 1. The molecule has 1 N–H and O–H groups in total. The number of thiazole rings is 1. The van der Waals surface area contributed by atoms with Crippen LogP contribution in [0.15, 0.2) is 78.1 Å². The smallest absolute Gasteiger partial charge is 0.416 e. The molecule has 4 rings (SSSR count). The van der Waals surface area contributed by atoms with Gasteiger partial charge in [-0.15, -0.1) is 11.3 Å². The molecule has 0 saturated heterocycles. The third kappa shape index (κ3) is 8.10. The highest BCUT2D eigenvalue weighted by atomic mass is 35.5. The number of rotatable bonds is 10. The predicted octanol–water partition coefficient (Wildman–Crippen LogP) is 5.47. The lowest BCUT2D eigenvalue weighted by Gasteiger charge is -2.26. The van der Waals surface area contributed by atoms with Crippen LogP contribution in [0, 0.1) is 0 Å². The monoisotopic (exact) mass is 629 g/mol. The molecule has 14 heteroatoms. The van der Waals surface area contributed by atoms with Gasteiger partial charge in [-0.3, -0.25) is 9.69 Å². The number of nitrogens with zero attached hydrogens (tertiary/aromatic N) is 5. The van der Waals surface area contributed by atoms with Crippen molar-refractivity contribution < 1.29 is 27.9 Å². The Kier molecular flexibility index (Phi) is 9.57. The van der Waals surface area contributed by atoms with Crippen LogP contribution in [0.3, 0.4) is 0 Å². The van der Waals surface area contributed by atoms with E-state index in [4.69, 9.17) is 16.3 Å². The first-order valence-corrected chi connectivity index (χ1v) is 15.3. The summed E-state index contributed by atoms with van der Waals surface area (Å²) in [7, 11) is -4.09. The number of carbonyl (C=O) groups excluding carboxylic acids is 1. The highest BCUT2D eigenvalue weighted by molar-refractivity contribution is 7.89. The van der Waals surface area contributed by atoms with Crippen molar-refractivity contribution in [3.8, 4) is 10.6 Å². The number of sulfonamides is 1. The topological polar surface area (TPSA) is 143 Å². The summed E-state index contributed by atoms with van der Waals surface area (Å²) in [6, 6.07) is 16.5. The van der Waals surface area contributed by atoms with Crippen LogP contribution in [0.2, 0.25) is 4.34 Å². The Morgan fingerprint density at radius 1 is 1.00 bits per heavy atom. The molecule has 0 aliphatic heterocycles. The zero-order chi connectivity index (χ0) is 30.5. The summed E-state index contributed by atoms with van der Waals surface area (Å²) in [5.74, 6) is -1.26. The lowest BCUT2D eigenvalue weighted by molar-refractivity contribution is -0.135. The van der Waals surface area contributed by atoms with Gasteiger partial charge in [-0.1, -0.05) is 48.0 Å². The van der Waals surface area contributed by atoms with Crippen molar-refractivity contribution in [1.82, 2.24) is 19.3 Å². The van der Waals surface area contributed by atoms with E-state index in [2.05, 4.69) is 15.0 Å². The number of anilines is 1. The molecule has 0 aliphatic rings. The second-order valence-corrected chi connectivity index (χ2v) is 13.6. The number of pyridine rings is 2. The largest absolute Gasteiger partial charge is 0.480 e. The van der Waals surface area contributed by atoms with E-state index in [1.807, 2.05) is 12.1 Å². The van der Waals surface area contributed by atoms with Gasteiger partial charge in [-0.2, -0.15) is 4.31 Å². The highest BCUT2D eigenvalue weighted by Crippen LogP contribution is 2.29. The maximum Gasteiger partial charge on any atom is 0.416 e. The summed E-state index contributed by atoms with van der Waals surface area (Å²) in [5, 5.41) is 10.0. The van der Waals surface area contributed by atoms with Crippen molar-refractivity contribution in [1.29, 1.82) is 0 Å². The number of hydrogen-bond acceptors (Lipinski definition) is 9. The van der Waals surface area contributed by atoms with Crippen LogP contribution in [0.25, 0.3) is 10.6 Å². The van der Waals surface area contributed by atoms with Gasteiger partial charge in [0, 0.05) is 18.3 Å². The van der Waals surface area contributed by atoms with E-state index >= 15 is 0 Å². The number of benzene rings is 1. The van der Waals surface area contributed by atoms with Crippen LogP contribution < -0.4 is 4.90 Å². The van der Waals surface area contributed by atoms with Gasteiger partial charge in [-0.25, -0.2) is 28.2 Å². The maximum absolute atomic E-state index is 13.7. The Labute approximate surface area is 252 Å². The van der Waals surface area contributed by atoms with E-state index in [1.54, 1.807) is 63.4 Å². The predicted molar refractivity (Wildman–Crippen MR) is 159 cm³/mol. The average molecular weight is 630 g/mol. The first-order valence-electron chi connectivity index (χ1n) is 12.6. The number of carboxylic acids is 1. The second kappa shape index (κ2) is 12.9. The fourth-order valence-corrected chi connectivity index (χ4v) is 6.03. The molecule has 0 aliphatic carbocycles. The SMILES string of the molecule is CC(C)(C)OC(=O)N(CC(=O)O)c1cccc(CN(Cc2ccc(-c3ncc(Cl)s3)cc2)S(=O)(=O)c2ccccn2)n1. The minimum Gasteiger partial charge on any atom is -0.480 e. The van der Waals surface area contributed by atoms with E-state index < -0.39 is 34.2 Å². The molecule has 0 bridgehead atoms. The van der Waals surface area contributed by atoms with Crippen LogP contribution in [-0.2, 0) is 32.6 Å². The van der Waals surface area contributed by atoms with Gasteiger partial charge >= 0.3 is 12.1 Å². The molecular formula is C28H28ClN5O6S2. The van der Waals surface area contributed by atoms with Gasteiger partial charge in [0.2, 0.25) is 0 Å². The first-order chi connectivity index (χ1) is 19.8. The van der Waals surface area contributed by atoms with Crippen molar-refractivity contribution >= 4 is 50.8 Å². The zero-order valence-corrected chi connectivity index (χ0v) is 25.4. The number of hydrogen-bond donors (Lipinski definition) is 1. The Balaban J connectivity index is 1.66. The number of amides is 1. The second-order valence-electron chi connectivity index (χ2n) is 10.1. The Hall–Kier alpha value is -3.91. The molecule has 0 spiro atoms. The molecule has 0 unspecified atom stereocenters. The van der Waals surface area contributed by atoms with Crippen LogP contribution in [0.5, 0.6) is 0 Å². The molecule has 42 heavy (non-hydrogen) atoms. The Morgan fingerprint density at radius 3 is 2.33 bits per heavy atom. The molecule has 220 valence electrons. The number of ether oxygens (including phenoxy) is 1.